The van der Waals surface area contributed by atoms with Crippen molar-refractivity contribution in [3.05, 3.63) is 40.5 Å². The number of anilines is 3. The molecule has 1 aliphatic heterocycles. The lowest BCUT2D eigenvalue weighted by Gasteiger charge is -2.17. The number of aryl methyl sites for hydroxylation is 1. The van der Waals surface area contributed by atoms with E-state index in [9.17, 15) is 13.2 Å². The number of hydrogen-bond donors (Lipinski definition) is 1. The van der Waals surface area contributed by atoms with Crippen LogP contribution in [0, 0.1) is 6.92 Å². The summed E-state index contributed by atoms with van der Waals surface area (Å²) in [5, 5.41) is 3.08. The molecule has 1 N–H and O–H groups in total. The Morgan fingerprint density at radius 1 is 1.12 bits per heavy atom. The van der Waals surface area contributed by atoms with Crippen LogP contribution in [0.3, 0.4) is 0 Å². The van der Waals surface area contributed by atoms with Crippen molar-refractivity contribution < 1.29 is 13.2 Å². The molecule has 8 heteroatoms. The smallest absolute Gasteiger partial charge is 0.341 e. The third kappa shape index (κ3) is 3.72. The number of halogens is 4. The molecule has 2 heterocycles. The van der Waals surface area contributed by atoms with Gasteiger partial charge in [0.05, 0.1) is 16.3 Å². The molecule has 2 aromatic rings. The summed E-state index contributed by atoms with van der Waals surface area (Å²) < 4.78 is 38.6. The zero-order valence-corrected chi connectivity index (χ0v) is 13.7. The molecular formula is C16H16ClF3N4. The summed E-state index contributed by atoms with van der Waals surface area (Å²) >= 11 is 6.02. The molecule has 0 amide bonds. The van der Waals surface area contributed by atoms with Gasteiger partial charge in [-0.2, -0.15) is 18.2 Å². The van der Waals surface area contributed by atoms with Crippen molar-refractivity contribution in [2.24, 2.45) is 0 Å². The Hall–Kier alpha value is -2.02. The van der Waals surface area contributed by atoms with Crippen LogP contribution in [-0.2, 0) is 6.18 Å². The second-order valence-corrected chi connectivity index (χ2v) is 6.11. The van der Waals surface area contributed by atoms with Gasteiger partial charge in [-0.25, -0.2) is 4.98 Å². The molecule has 0 spiro atoms. The molecule has 3 rings (SSSR count). The van der Waals surface area contributed by atoms with Gasteiger partial charge in [0.25, 0.3) is 0 Å². The van der Waals surface area contributed by atoms with Gasteiger partial charge in [-0.3, -0.25) is 0 Å². The van der Waals surface area contributed by atoms with Crippen molar-refractivity contribution in [1.82, 2.24) is 9.97 Å². The first-order chi connectivity index (χ1) is 11.3. The van der Waals surface area contributed by atoms with Gasteiger partial charge in [-0.1, -0.05) is 11.6 Å². The molecule has 0 bridgehead atoms. The number of rotatable bonds is 3. The minimum absolute atomic E-state index is 0.164. The third-order valence-corrected chi connectivity index (χ3v) is 4.12. The van der Waals surface area contributed by atoms with E-state index < -0.39 is 11.7 Å². The van der Waals surface area contributed by atoms with Gasteiger partial charge in [0.15, 0.2) is 0 Å². The molecule has 0 radical (unpaired) electrons. The maximum Gasteiger partial charge on any atom is 0.416 e. The summed E-state index contributed by atoms with van der Waals surface area (Å²) in [5.41, 5.74) is 0.134. The fourth-order valence-electron chi connectivity index (χ4n) is 2.61. The molecule has 1 saturated heterocycles. The van der Waals surface area contributed by atoms with Crippen LogP contribution in [-0.4, -0.2) is 23.1 Å². The lowest BCUT2D eigenvalue weighted by molar-refractivity contribution is -0.137. The van der Waals surface area contributed by atoms with E-state index in [2.05, 4.69) is 20.2 Å². The molecule has 0 atom stereocenters. The van der Waals surface area contributed by atoms with E-state index in [-0.39, 0.29) is 10.7 Å². The second kappa shape index (κ2) is 6.47. The number of hydrogen-bond acceptors (Lipinski definition) is 4. The summed E-state index contributed by atoms with van der Waals surface area (Å²) in [5.74, 6) is 1.00. The van der Waals surface area contributed by atoms with Crippen LogP contribution in [0.4, 0.5) is 30.6 Å². The molecule has 1 aromatic carbocycles. The van der Waals surface area contributed by atoms with Crippen LogP contribution in [0.2, 0.25) is 5.02 Å². The van der Waals surface area contributed by atoms with Crippen molar-refractivity contribution in [1.29, 1.82) is 0 Å². The van der Waals surface area contributed by atoms with Crippen molar-refractivity contribution in [3.63, 3.8) is 0 Å². The average molecular weight is 357 g/mol. The minimum atomic E-state index is -4.43. The Kier molecular flexibility index (Phi) is 4.54. The van der Waals surface area contributed by atoms with Crippen molar-refractivity contribution >= 4 is 29.1 Å². The normalized spacial score (nSPS) is 15.0. The number of alkyl halides is 3. The molecule has 1 aliphatic rings. The standard InChI is InChI=1S/C16H16ClF3N4/c1-10-8-14(23-15(21-10)24-6-2-3-7-24)22-13-9-11(16(18,19)20)4-5-12(13)17/h4-5,8-9H,2-3,6-7H2,1H3,(H,21,22,23). The van der Waals surface area contributed by atoms with E-state index in [4.69, 9.17) is 11.6 Å². The summed E-state index contributed by atoms with van der Waals surface area (Å²) in [6.45, 7) is 3.58. The maximum absolute atomic E-state index is 12.9. The zero-order chi connectivity index (χ0) is 17.3. The predicted molar refractivity (Wildman–Crippen MR) is 88.0 cm³/mol. The van der Waals surface area contributed by atoms with E-state index >= 15 is 0 Å². The molecule has 128 valence electrons. The Labute approximate surface area is 142 Å². The van der Waals surface area contributed by atoms with E-state index in [1.54, 1.807) is 6.07 Å². The molecule has 0 saturated carbocycles. The largest absolute Gasteiger partial charge is 0.416 e. The Morgan fingerprint density at radius 2 is 1.83 bits per heavy atom. The molecular weight excluding hydrogens is 341 g/mol. The summed E-state index contributed by atoms with van der Waals surface area (Å²) in [6, 6.07) is 4.84. The van der Waals surface area contributed by atoms with Crippen LogP contribution in [0.15, 0.2) is 24.3 Å². The fraction of sp³-hybridized carbons (Fsp3) is 0.375. The first-order valence-corrected chi connectivity index (χ1v) is 7.95. The van der Waals surface area contributed by atoms with Gasteiger partial charge in [0.2, 0.25) is 5.95 Å². The maximum atomic E-state index is 12.9. The Morgan fingerprint density at radius 3 is 2.50 bits per heavy atom. The van der Waals surface area contributed by atoms with Gasteiger partial charge in [-0.15, -0.1) is 0 Å². The van der Waals surface area contributed by atoms with Crippen molar-refractivity contribution in [2.75, 3.05) is 23.3 Å². The van der Waals surface area contributed by atoms with Crippen LogP contribution >= 0.6 is 11.6 Å². The highest BCUT2D eigenvalue weighted by atomic mass is 35.5. The van der Waals surface area contributed by atoms with Gasteiger partial charge >= 0.3 is 6.18 Å². The zero-order valence-electron chi connectivity index (χ0n) is 13.0. The van der Waals surface area contributed by atoms with Gasteiger partial charge < -0.3 is 10.2 Å². The summed E-state index contributed by atoms with van der Waals surface area (Å²) in [7, 11) is 0. The van der Waals surface area contributed by atoms with Crippen molar-refractivity contribution in [2.45, 2.75) is 25.9 Å². The number of nitrogens with one attached hydrogen (secondary N) is 1. The molecule has 0 aliphatic carbocycles. The Balaban J connectivity index is 1.91. The van der Waals surface area contributed by atoms with Gasteiger partial charge in [0.1, 0.15) is 5.82 Å². The monoisotopic (exact) mass is 356 g/mol. The molecule has 1 fully saturated rings. The van der Waals surface area contributed by atoms with E-state index in [1.165, 1.54) is 6.07 Å². The first kappa shape index (κ1) is 16.8. The van der Waals surface area contributed by atoms with Crippen LogP contribution in [0.25, 0.3) is 0 Å². The molecule has 4 nitrogen and oxygen atoms in total. The highest BCUT2D eigenvalue weighted by Gasteiger charge is 2.31. The number of aromatic nitrogens is 2. The molecule has 24 heavy (non-hydrogen) atoms. The third-order valence-electron chi connectivity index (χ3n) is 3.79. The van der Waals surface area contributed by atoms with E-state index in [0.717, 1.165) is 43.8 Å². The van der Waals surface area contributed by atoms with Gasteiger partial charge in [0, 0.05) is 24.8 Å². The number of benzene rings is 1. The topological polar surface area (TPSA) is 41.1 Å². The quantitative estimate of drug-likeness (QED) is 0.857. The summed E-state index contributed by atoms with van der Waals surface area (Å²) in [4.78, 5) is 10.9. The highest BCUT2D eigenvalue weighted by molar-refractivity contribution is 6.33. The first-order valence-electron chi connectivity index (χ1n) is 7.57. The lowest BCUT2D eigenvalue weighted by atomic mass is 10.2. The minimum Gasteiger partial charge on any atom is -0.341 e. The van der Waals surface area contributed by atoms with Crippen LogP contribution < -0.4 is 10.2 Å². The SMILES string of the molecule is Cc1cc(Nc2cc(C(F)(F)F)ccc2Cl)nc(N2CCCC2)n1. The number of nitrogens with zero attached hydrogens (tertiary/aromatic N) is 3. The van der Waals surface area contributed by atoms with E-state index in [1.807, 2.05) is 6.92 Å². The highest BCUT2D eigenvalue weighted by Crippen LogP contribution is 2.35. The van der Waals surface area contributed by atoms with Crippen LogP contribution in [0.5, 0.6) is 0 Å². The van der Waals surface area contributed by atoms with Crippen molar-refractivity contribution in [3.8, 4) is 0 Å². The molecule has 0 unspecified atom stereocenters. The molecule has 1 aromatic heterocycles. The Bertz CT molecular complexity index is 743. The predicted octanol–water partition coefficient (Wildman–Crippen LogP) is 4.80. The van der Waals surface area contributed by atoms with Gasteiger partial charge in [-0.05, 0) is 38.0 Å². The fourth-order valence-corrected chi connectivity index (χ4v) is 2.78. The summed E-state index contributed by atoms with van der Waals surface area (Å²) in [6.07, 6.45) is -2.26. The lowest BCUT2D eigenvalue weighted by Crippen LogP contribution is -2.21. The van der Waals surface area contributed by atoms with Crippen LogP contribution in [0.1, 0.15) is 24.1 Å². The van der Waals surface area contributed by atoms with E-state index in [0.29, 0.717) is 11.8 Å². The average Bonchev–Trinajstić information content (AvgIpc) is 3.02. The second-order valence-electron chi connectivity index (χ2n) is 5.71.